The molecule has 0 saturated carbocycles. The summed E-state index contributed by atoms with van der Waals surface area (Å²) in [6.45, 7) is 1.27. The van der Waals surface area contributed by atoms with E-state index in [9.17, 15) is 20.4 Å². The van der Waals surface area contributed by atoms with Crippen molar-refractivity contribution in [1.82, 2.24) is 0 Å². The first-order valence-electron chi connectivity index (χ1n) is 5.96. The van der Waals surface area contributed by atoms with E-state index in [4.69, 9.17) is 10.2 Å². The van der Waals surface area contributed by atoms with Gasteiger partial charge in [-0.1, -0.05) is 26.2 Å². The lowest BCUT2D eigenvalue weighted by atomic mass is 9.96. The first-order valence-corrected chi connectivity index (χ1v) is 5.96. The quantitative estimate of drug-likeness (QED) is 0.274. The summed E-state index contributed by atoms with van der Waals surface area (Å²) >= 11 is 0. The molecule has 0 saturated heterocycles. The summed E-state index contributed by atoms with van der Waals surface area (Å²) in [6, 6.07) is 0. The molecule has 0 aromatic heterocycles. The Kier molecular flexibility index (Phi) is 8.67. The Morgan fingerprint density at radius 2 is 1.29 bits per heavy atom. The van der Waals surface area contributed by atoms with Gasteiger partial charge in [0.05, 0.1) is 12.7 Å². The molecule has 0 bridgehead atoms. The van der Waals surface area contributed by atoms with Gasteiger partial charge in [0.2, 0.25) is 0 Å². The predicted octanol–water partition coefficient (Wildman–Crippen LogP) is -1.64. The second-order valence-corrected chi connectivity index (χ2v) is 4.28. The summed E-state index contributed by atoms with van der Waals surface area (Å²) in [5.41, 5.74) is 0. The smallest absolute Gasteiger partial charge is 0.111 e. The Balaban J connectivity index is 4.13. The summed E-state index contributed by atoms with van der Waals surface area (Å²) in [5.74, 6) is 0. The van der Waals surface area contributed by atoms with Gasteiger partial charge in [-0.2, -0.15) is 0 Å². The summed E-state index contributed by atoms with van der Waals surface area (Å²) < 4.78 is 0. The highest BCUT2D eigenvalue weighted by Crippen LogP contribution is 2.13. The Morgan fingerprint density at radius 1 is 0.765 bits per heavy atom. The Bertz CT molecular complexity index is 189. The minimum absolute atomic E-state index is 0.313. The highest BCUT2D eigenvalue weighted by Gasteiger charge is 2.33. The number of hydrogen-bond donors (Lipinski definition) is 6. The topological polar surface area (TPSA) is 121 Å². The highest BCUT2D eigenvalue weighted by molar-refractivity contribution is 4.84. The van der Waals surface area contributed by atoms with Crippen molar-refractivity contribution in [2.24, 2.45) is 0 Å². The second-order valence-electron chi connectivity index (χ2n) is 4.28. The summed E-state index contributed by atoms with van der Waals surface area (Å²) in [7, 11) is 0. The van der Waals surface area contributed by atoms with E-state index >= 15 is 0 Å². The second kappa shape index (κ2) is 8.79. The standard InChI is InChI=1S/C11H24O6/c1-2-3-4-5-7(13)9(15)11(17)10(16)8(14)6-12/h7-17H,2-6H2,1H3/t7?,8-,9-,10-,11-/m1/s1. The van der Waals surface area contributed by atoms with Crippen molar-refractivity contribution in [1.29, 1.82) is 0 Å². The molecule has 6 N–H and O–H groups in total. The van der Waals surface area contributed by atoms with Crippen LogP contribution >= 0.6 is 0 Å². The predicted molar refractivity (Wildman–Crippen MR) is 61.3 cm³/mol. The van der Waals surface area contributed by atoms with Crippen LogP contribution in [-0.4, -0.2) is 67.8 Å². The zero-order valence-electron chi connectivity index (χ0n) is 10.1. The van der Waals surface area contributed by atoms with E-state index in [0.29, 0.717) is 12.8 Å². The Morgan fingerprint density at radius 3 is 1.76 bits per heavy atom. The Labute approximate surface area is 101 Å². The lowest BCUT2D eigenvalue weighted by molar-refractivity contribution is -0.141. The molecule has 0 amide bonds. The van der Waals surface area contributed by atoms with E-state index in [2.05, 4.69) is 0 Å². The normalized spacial score (nSPS) is 20.6. The maximum atomic E-state index is 9.55. The van der Waals surface area contributed by atoms with Crippen molar-refractivity contribution in [2.75, 3.05) is 6.61 Å². The van der Waals surface area contributed by atoms with Gasteiger partial charge >= 0.3 is 0 Å². The van der Waals surface area contributed by atoms with Crippen molar-refractivity contribution < 1.29 is 30.6 Å². The van der Waals surface area contributed by atoms with Crippen LogP contribution in [0, 0.1) is 0 Å². The van der Waals surface area contributed by atoms with Gasteiger partial charge in [0.1, 0.15) is 24.4 Å². The average molecular weight is 252 g/mol. The number of aliphatic hydroxyl groups is 6. The lowest BCUT2D eigenvalue weighted by Crippen LogP contribution is -2.49. The molecule has 5 atom stereocenters. The van der Waals surface area contributed by atoms with Crippen molar-refractivity contribution in [2.45, 2.75) is 63.1 Å². The van der Waals surface area contributed by atoms with E-state index in [1.165, 1.54) is 0 Å². The largest absolute Gasteiger partial charge is 0.394 e. The van der Waals surface area contributed by atoms with Crippen LogP contribution in [0.5, 0.6) is 0 Å². The Hall–Kier alpha value is -0.240. The first-order chi connectivity index (χ1) is 7.95. The fraction of sp³-hybridized carbons (Fsp3) is 1.00. The fourth-order valence-electron chi connectivity index (χ4n) is 1.54. The molecule has 0 fully saturated rings. The van der Waals surface area contributed by atoms with E-state index in [1.807, 2.05) is 6.92 Å². The van der Waals surface area contributed by atoms with Crippen LogP contribution in [0.2, 0.25) is 0 Å². The summed E-state index contributed by atoms with van der Waals surface area (Å²) in [4.78, 5) is 0. The lowest BCUT2D eigenvalue weighted by Gasteiger charge is -2.28. The van der Waals surface area contributed by atoms with Gasteiger partial charge in [0.15, 0.2) is 0 Å². The SMILES string of the molecule is CCCCCC(O)[C@@H](O)[C@@H](O)[C@H](O)[C@H](O)CO. The highest BCUT2D eigenvalue weighted by atomic mass is 16.4. The first kappa shape index (κ1) is 16.8. The van der Waals surface area contributed by atoms with Crippen molar-refractivity contribution in [3.63, 3.8) is 0 Å². The van der Waals surface area contributed by atoms with Crippen LogP contribution in [0.1, 0.15) is 32.6 Å². The van der Waals surface area contributed by atoms with E-state index in [-0.39, 0.29) is 0 Å². The number of hydrogen-bond acceptors (Lipinski definition) is 6. The van der Waals surface area contributed by atoms with Crippen molar-refractivity contribution >= 4 is 0 Å². The molecule has 0 radical (unpaired) electrons. The maximum absolute atomic E-state index is 9.55. The molecule has 0 rings (SSSR count). The molecule has 0 aromatic rings. The minimum Gasteiger partial charge on any atom is -0.394 e. The molecule has 6 heteroatoms. The molecule has 0 aliphatic carbocycles. The molecular formula is C11H24O6. The van der Waals surface area contributed by atoms with Crippen LogP contribution in [0.25, 0.3) is 0 Å². The fourth-order valence-corrected chi connectivity index (χ4v) is 1.54. The van der Waals surface area contributed by atoms with Gasteiger partial charge in [-0.05, 0) is 6.42 Å². The van der Waals surface area contributed by atoms with Gasteiger partial charge < -0.3 is 30.6 Å². The molecule has 0 spiro atoms. The molecule has 0 aliphatic rings. The molecule has 17 heavy (non-hydrogen) atoms. The monoisotopic (exact) mass is 252 g/mol. The maximum Gasteiger partial charge on any atom is 0.111 e. The van der Waals surface area contributed by atoms with Gasteiger partial charge in [0, 0.05) is 0 Å². The molecule has 104 valence electrons. The molecule has 0 aliphatic heterocycles. The van der Waals surface area contributed by atoms with E-state index < -0.39 is 37.1 Å². The van der Waals surface area contributed by atoms with E-state index in [0.717, 1.165) is 12.8 Å². The zero-order chi connectivity index (χ0) is 13.4. The molecule has 0 heterocycles. The molecule has 1 unspecified atom stereocenters. The number of unbranched alkanes of at least 4 members (excludes halogenated alkanes) is 2. The summed E-state index contributed by atoms with van der Waals surface area (Å²) in [6.07, 6.45) is -4.71. The van der Waals surface area contributed by atoms with Crippen LogP contribution in [-0.2, 0) is 0 Å². The number of aliphatic hydroxyl groups excluding tert-OH is 6. The average Bonchev–Trinajstić information content (AvgIpc) is 2.35. The third-order valence-corrected chi connectivity index (χ3v) is 2.78. The van der Waals surface area contributed by atoms with Crippen LogP contribution < -0.4 is 0 Å². The third-order valence-electron chi connectivity index (χ3n) is 2.78. The van der Waals surface area contributed by atoms with E-state index in [1.54, 1.807) is 0 Å². The van der Waals surface area contributed by atoms with Crippen LogP contribution in [0.3, 0.4) is 0 Å². The van der Waals surface area contributed by atoms with Crippen LogP contribution in [0.4, 0.5) is 0 Å². The van der Waals surface area contributed by atoms with Crippen LogP contribution in [0.15, 0.2) is 0 Å². The van der Waals surface area contributed by atoms with Gasteiger partial charge in [-0.3, -0.25) is 0 Å². The molecule has 6 nitrogen and oxygen atoms in total. The van der Waals surface area contributed by atoms with Crippen molar-refractivity contribution in [3.8, 4) is 0 Å². The summed E-state index contributed by atoms with van der Waals surface area (Å²) in [5, 5.41) is 55.6. The van der Waals surface area contributed by atoms with Gasteiger partial charge in [-0.25, -0.2) is 0 Å². The minimum atomic E-state index is -1.69. The van der Waals surface area contributed by atoms with Gasteiger partial charge in [0.25, 0.3) is 0 Å². The number of rotatable bonds is 9. The molecular weight excluding hydrogens is 228 g/mol. The van der Waals surface area contributed by atoms with Crippen molar-refractivity contribution in [3.05, 3.63) is 0 Å². The van der Waals surface area contributed by atoms with Gasteiger partial charge in [-0.15, -0.1) is 0 Å². The zero-order valence-corrected chi connectivity index (χ0v) is 10.1. The molecule has 0 aromatic carbocycles. The third kappa shape index (κ3) is 5.76.